The summed E-state index contributed by atoms with van der Waals surface area (Å²) in [7, 11) is 1.70. The second-order valence-corrected chi connectivity index (χ2v) is 2.69. The minimum absolute atomic E-state index is 0.779. The van der Waals surface area contributed by atoms with Crippen molar-refractivity contribution in [3.05, 3.63) is 17.2 Å². The van der Waals surface area contributed by atoms with Gasteiger partial charge in [0.2, 0.25) is 0 Å². The van der Waals surface area contributed by atoms with E-state index >= 15 is 0 Å². The van der Waals surface area contributed by atoms with E-state index in [2.05, 4.69) is 4.98 Å². The molecular weight excluding hydrogens is 160 g/mol. The molecule has 11 heavy (non-hydrogen) atoms. The lowest BCUT2D eigenvalue weighted by Crippen LogP contribution is -1.99. The number of rotatable bonds is 4. The van der Waals surface area contributed by atoms with Crippen molar-refractivity contribution in [1.29, 1.82) is 0 Å². The van der Waals surface area contributed by atoms with Crippen LogP contribution in [0.4, 0.5) is 0 Å². The molecule has 0 unspecified atom stereocenters. The molecule has 1 aromatic heterocycles. The van der Waals surface area contributed by atoms with E-state index < -0.39 is 0 Å². The molecule has 0 bridgehead atoms. The molecule has 0 radical (unpaired) electrons. The highest BCUT2D eigenvalue weighted by Crippen LogP contribution is 1.93. The molecule has 0 saturated heterocycles. The van der Waals surface area contributed by atoms with E-state index in [9.17, 15) is 0 Å². The number of hydrogen-bond donors (Lipinski definition) is 1. The highest BCUT2D eigenvalue weighted by Gasteiger charge is 1.90. The summed E-state index contributed by atoms with van der Waals surface area (Å²) in [4.78, 5) is 2.93. The lowest BCUT2D eigenvalue weighted by Gasteiger charge is -1.99. The van der Waals surface area contributed by atoms with Crippen LogP contribution in [0.2, 0.25) is 0 Å². The van der Waals surface area contributed by atoms with Gasteiger partial charge in [0.05, 0.1) is 0 Å². The maximum atomic E-state index is 5.00. The summed E-state index contributed by atoms with van der Waals surface area (Å²) in [6, 6.07) is 0. The molecule has 0 atom stereocenters. The van der Waals surface area contributed by atoms with E-state index in [-0.39, 0.29) is 0 Å². The molecule has 3 nitrogen and oxygen atoms in total. The molecule has 0 spiro atoms. The Kier molecular flexibility index (Phi) is 3.32. The molecule has 0 aliphatic heterocycles. The number of imidazole rings is 1. The van der Waals surface area contributed by atoms with Crippen molar-refractivity contribution in [3.63, 3.8) is 0 Å². The van der Waals surface area contributed by atoms with Gasteiger partial charge in [-0.1, -0.05) is 0 Å². The number of H-pyrrole nitrogens is 1. The number of hydrogen-bond acceptors (Lipinski definition) is 2. The molecule has 0 fully saturated rings. The number of ether oxygens (including phenoxy) is 1. The van der Waals surface area contributed by atoms with Gasteiger partial charge in [-0.2, -0.15) is 0 Å². The Morgan fingerprint density at radius 2 is 2.55 bits per heavy atom. The maximum absolute atomic E-state index is 5.00. The molecule has 62 valence electrons. The lowest BCUT2D eigenvalue weighted by molar-refractivity contribution is 0.190. The van der Waals surface area contributed by atoms with Gasteiger partial charge in [-0.3, -0.25) is 0 Å². The number of nitrogens with one attached hydrogen (secondary N) is 1. The van der Waals surface area contributed by atoms with Gasteiger partial charge in [-0.25, -0.2) is 0 Å². The summed E-state index contributed by atoms with van der Waals surface area (Å²) in [6.07, 6.45) is 4.79. The Balaban J connectivity index is 2.39. The van der Waals surface area contributed by atoms with Crippen LogP contribution in [0.3, 0.4) is 0 Å². The first-order valence-corrected chi connectivity index (χ1v) is 3.98. The highest BCUT2D eigenvalue weighted by molar-refractivity contribution is 7.71. The molecular formula is C7H12N2OS. The van der Waals surface area contributed by atoms with Gasteiger partial charge in [0.1, 0.15) is 0 Å². The summed E-state index contributed by atoms with van der Waals surface area (Å²) in [5.41, 5.74) is 0. The zero-order valence-corrected chi connectivity index (χ0v) is 7.36. The number of methoxy groups -OCH3 is 1. The zero-order valence-electron chi connectivity index (χ0n) is 6.54. The first-order valence-electron chi connectivity index (χ1n) is 3.57. The van der Waals surface area contributed by atoms with Crippen molar-refractivity contribution in [1.82, 2.24) is 9.55 Å². The second-order valence-electron chi connectivity index (χ2n) is 2.30. The topological polar surface area (TPSA) is 29.9 Å². The normalized spacial score (nSPS) is 10.3. The summed E-state index contributed by atoms with van der Waals surface area (Å²) < 4.78 is 7.70. The van der Waals surface area contributed by atoms with Gasteiger partial charge < -0.3 is 14.3 Å². The maximum Gasteiger partial charge on any atom is 0.177 e. The minimum Gasteiger partial charge on any atom is -0.385 e. The van der Waals surface area contributed by atoms with Crippen molar-refractivity contribution in [2.75, 3.05) is 13.7 Å². The third-order valence-corrected chi connectivity index (χ3v) is 1.82. The summed E-state index contributed by atoms with van der Waals surface area (Å²) in [5, 5.41) is 0. The molecule has 0 aromatic carbocycles. The van der Waals surface area contributed by atoms with Crippen LogP contribution in [0.15, 0.2) is 12.4 Å². The summed E-state index contributed by atoms with van der Waals surface area (Å²) in [5.74, 6) is 0. The largest absolute Gasteiger partial charge is 0.385 e. The fourth-order valence-electron chi connectivity index (χ4n) is 0.904. The fourth-order valence-corrected chi connectivity index (χ4v) is 1.12. The fraction of sp³-hybridized carbons (Fsp3) is 0.571. The van der Waals surface area contributed by atoms with Crippen LogP contribution >= 0.6 is 12.2 Å². The number of aromatic nitrogens is 2. The van der Waals surface area contributed by atoms with Crippen molar-refractivity contribution >= 4 is 12.2 Å². The van der Waals surface area contributed by atoms with Crippen molar-refractivity contribution in [2.24, 2.45) is 0 Å². The Bertz CT molecular complexity index is 253. The number of aromatic amines is 1. The van der Waals surface area contributed by atoms with Gasteiger partial charge in [0, 0.05) is 32.7 Å². The average Bonchev–Trinajstić information content (AvgIpc) is 2.37. The highest BCUT2D eigenvalue weighted by atomic mass is 32.1. The summed E-state index contributed by atoms with van der Waals surface area (Å²) in [6.45, 7) is 1.71. The van der Waals surface area contributed by atoms with E-state index in [1.165, 1.54) is 0 Å². The lowest BCUT2D eigenvalue weighted by atomic mass is 10.4. The predicted molar refractivity (Wildman–Crippen MR) is 46.1 cm³/mol. The first-order chi connectivity index (χ1) is 5.34. The van der Waals surface area contributed by atoms with Gasteiger partial charge in [0.15, 0.2) is 4.77 Å². The Morgan fingerprint density at radius 1 is 1.73 bits per heavy atom. The SMILES string of the molecule is COCCCn1cc[nH]c1=S. The van der Waals surface area contributed by atoms with Crippen molar-refractivity contribution in [3.8, 4) is 0 Å². The average molecular weight is 172 g/mol. The quantitative estimate of drug-likeness (QED) is 0.552. The number of nitrogens with zero attached hydrogens (tertiary/aromatic N) is 1. The van der Waals surface area contributed by atoms with Gasteiger partial charge in [-0.05, 0) is 18.6 Å². The van der Waals surface area contributed by atoms with E-state index in [4.69, 9.17) is 17.0 Å². The van der Waals surface area contributed by atoms with E-state index in [1.54, 1.807) is 7.11 Å². The van der Waals surface area contributed by atoms with Gasteiger partial charge in [-0.15, -0.1) is 0 Å². The van der Waals surface area contributed by atoms with Crippen LogP contribution in [0.5, 0.6) is 0 Å². The molecule has 1 heterocycles. The Hall–Kier alpha value is -0.610. The van der Waals surface area contributed by atoms with Crippen LogP contribution in [0, 0.1) is 4.77 Å². The van der Waals surface area contributed by atoms with Crippen molar-refractivity contribution in [2.45, 2.75) is 13.0 Å². The molecule has 1 rings (SSSR count). The third-order valence-electron chi connectivity index (χ3n) is 1.47. The monoisotopic (exact) mass is 172 g/mol. The number of aryl methyl sites for hydroxylation is 1. The molecule has 0 amide bonds. The van der Waals surface area contributed by atoms with Gasteiger partial charge >= 0.3 is 0 Å². The molecule has 1 aromatic rings. The first kappa shape index (κ1) is 8.49. The standard InChI is InChI=1S/C7H12N2OS/c1-10-6-2-4-9-5-3-8-7(9)11/h3,5H,2,4,6H2,1H3,(H,8,11). The molecule has 0 saturated carbocycles. The van der Waals surface area contributed by atoms with Crippen LogP contribution in [0.1, 0.15) is 6.42 Å². The third kappa shape index (κ3) is 2.48. The van der Waals surface area contributed by atoms with Crippen LogP contribution in [0.25, 0.3) is 0 Å². The van der Waals surface area contributed by atoms with Crippen molar-refractivity contribution < 1.29 is 4.74 Å². The molecule has 0 aliphatic carbocycles. The van der Waals surface area contributed by atoms with Crippen LogP contribution < -0.4 is 0 Å². The van der Waals surface area contributed by atoms with E-state index in [1.807, 2.05) is 17.0 Å². The predicted octanol–water partition coefficient (Wildman–Crippen LogP) is 1.58. The Labute approximate surface area is 71.0 Å². The van der Waals surface area contributed by atoms with E-state index in [0.717, 1.165) is 24.3 Å². The smallest absolute Gasteiger partial charge is 0.177 e. The van der Waals surface area contributed by atoms with Crippen LogP contribution in [-0.4, -0.2) is 23.3 Å². The molecule has 4 heteroatoms. The molecule has 1 N–H and O–H groups in total. The van der Waals surface area contributed by atoms with E-state index in [0.29, 0.717) is 0 Å². The van der Waals surface area contributed by atoms with Crippen LogP contribution in [-0.2, 0) is 11.3 Å². The minimum atomic E-state index is 0.779. The van der Waals surface area contributed by atoms with Gasteiger partial charge in [0.25, 0.3) is 0 Å². The second kappa shape index (κ2) is 4.31. The molecule has 0 aliphatic rings. The Morgan fingerprint density at radius 3 is 3.09 bits per heavy atom. The summed E-state index contributed by atoms with van der Waals surface area (Å²) >= 11 is 5.00. The zero-order chi connectivity index (χ0) is 8.10.